The first-order valence-corrected chi connectivity index (χ1v) is 9.37. The van der Waals surface area contributed by atoms with Gasteiger partial charge in [-0.3, -0.25) is 4.79 Å². The summed E-state index contributed by atoms with van der Waals surface area (Å²) in [7, 11) is 0. The van der Waals surface area contributed by atoms with E-state index in [-0.39, 0.29) is 18.6 Å². The smallest absolute Gasteiger partial charge is 0.231 e. The molecule has 0 fully saturated rings. The van der Waals surface area contributed by atoms with E-state index >= 15 is 0 Å². The van der Waals surface area contributed by atoms with E-state index < -0.39 is 0 Å². The fourth-order valence-corrected chi connectivity index (χ4v) is 4.22. The van der Waals surface area contributed by atoms with Crippen molar-refractivity contribution in [2.45, 2.75) is 33.1 Å². The molecule has 0 aliphatic carbocycles. The van der Waals surface area contributed by atoms with Crippen molar-refractivity contribution in [1.82, 2.24) is 9.78 Å². The molecule has 0 saturated carbocycles. The average molecular weight is 375 g/mol. The Balaban J connectivity index is 1.65. The molecular weight excluding hydrogens is 354 g/mol. The van der Waals surface area contributed by atoms with Crippen molar-refractivity contribution in [3.63, 3.8) is 0 Å². The zero-order chi connectivity index (χ0) is 19.4. The van der Waals surface area contributed by atoms with Gasteiger partial charge in [0.05, 0.1) is 11.4 Å². The number of rotatable bonds is 2. The highest BCUT2D eigenvalue weighted by atomic mass is 16.7. The van der Waals surface area contributed by atoms with E-state index in [0.29, 0.717) is 6.42 Å². The monoisotopic (exact) mass is 375 g/mol. The lowest BCUT2D eigenvalue weighted by molar-refractivity contribution is -0.116. The zero-order valence-corrected chi connectivity index (χ0v) is 16.1. The maximum Gasteiger partial charge on any atom is 0.231 e. The van der Waals surface area contributed by atoms with Crippen LogP contribution < -0.4 is 14.8 Å². The molecule has 1 aromatic heterocycles. The minimum Gasteiger partial charge on any atom is -0.454 e. The number of carbonyl (C=O) groups is 1. The Labute approximate surface area is 163 Å². The van der Waals surface area contributed by atoms with Gasteiger partial charge in [0.1, 0.15) is 5.82 Å². The van der Waals surface area contributed by atoms with Crippen molar-refractivity contribution in [2.75, 3.05) is 12.1 Å². The highest BCUT2D eigenvalue weighted by Crippen LogP contribution is 2.43. The summed E-state index contributed by atoms with van der Waals surface area (Å²) in [6.07, 6.45) is 0.381. The van der Waals surface area contributed by atoms with Gasteiger partial charge in [0.25, 0.3) is 0 Å². The Bertz CT molecular complexity index is 1100. The van der Waals surface area contributed by atoms with Crippen molar-refractivity contribution in [2.24, 2.45) is 0 Å². The summed E-state index contributed by atoms with van der Waals surface area (Å²) >= 11 is 0. The second-order valence-electron chi connectivity index (χ2n) is 7.52. The van der Waals surface area contributed by atoms with Crippen LogP contribution >= 0.6 is 0 Å². The number of ether oxygens (including phenoxy) is 2. The standard InChI is InChI=1S/C22H21N3O3/c1-12-6-13(2)8-16(7-12)25-22-21(14(3)24-25)17(10-20(26)23-22)15-4-5-18-19(9-15)28-11-27-18/h4-9,17H,10-11H2,1-3H3,(H,23,26). The van der Waals surface area contributed by atoms with E-state index in [1.807, 2.05) is 29.8 Å². The number of amides is 1. The van der Waals surface area contributed by atoms with E-state index in [0.717, 1.165) is 51.0 Å². The number of anilines is 1. The number of fused-ring (bicyclic) bond motifs is 2. The summed E-state index contributed by atoms with van der Waals surface area (Å²) in [6.45, 7) is 6.36. The maximum absolute atomic E-state index is 12.6. The van der Waals surface area contributed by atoms with E-state index in [2.05, 4.69) is 37.4 Å². The first-order valence-electron chi connectivity index (χ1n) is 9.37. The van der Waals surface area contributed by atoms with Crippen molar-refractivity contribution in [3.05, 3.63) is 64.3 Å². The molecule has 0 radical (unpaired) electrons. The summed E-state index contributed by atoms with van der Waals surface area (Å²) in [6, 6.07) is 12.2. The lowest BCUT2D eigenvalue weighted by atomic mass is 9.85. The third-order valence-electron chi connectivity index (χ3n) is 5.35. The van der Waals surface area contributed by atoms with Gasteiger partial charge in [-0.1, -0.05) is 12.1 Å². The highest BCUT2D eigenvalue weighted by molar-refractivity contribution is 5.95. The molecule has 0 bridgehead atoms. The minimum atomic E-state index is -0.0714. The predicted molar refractivity (Wildman–Crippen MR) is 105 cm³/mol. The molecule has 0 saturated heterocycles. The van der Waals surface area contributed by atoms with Crippen molar-refractivity contribution >= 4 is 11.7 Å². The van der Waals surface area contributed by atoms with Crippen molar-refractivity contribution in [1.29, 1.82) is 0 Å². The zero-order valence-electron chi connectivity index (χ0n) is 16.1. The summed E-state index contributed by atoms with van der Waals surface area (Å²) in [5.41, 5.74) is 6.27. The van der Waals surface area contributed by atoms with Crippen molar-refractivity contribution < 1.29 is 14.3 Å². The molecule has 1 atom stereocenters. The van der Waals surface area contributed by atoms with E-state index in [1.54, 1.807) is 0 Å². The Morgan fingerprint density at radius 3 is 2.57 bits per heavy atom. The normalized spacial score (nSPS) is 17.4. The molecule has 0 spiro atoms. The number of aromatic nitrogens is 2. The summed E-state index contributed by atoms with van der Waals surface area (Å²) < 4.78 is 12.8. The van der Waals surface area contributed by atoms with Crippen LogP contribution in [0.2, 0.25) is 0 Å². The Morgan fingerprint density at radius 1 is 1.04 bits per heavy atom. The number of carbonyl (C=O) groups excluding carboxylic acids is 1. The van der Waals surface area contributed by atoms with Gasteiger partial charge in [0.2, 0.25) is 12.7 Å². The van der Waals surface area contributed by atoms with Gasteiger partial charge in [-0.15, -0.1) is 0 Å². The molecule has 3 aromatic rings. The van der Waals surface area contributed by atoms with Crippen LogP contribution in [0.3, 0.4) is 0 Å². The molecule has 6 heteroatoms. The number of hydrogen-bond acceptors (Lipinski definition) is 4. The van der Waals surface area contributed by atoms with Gasteiger partial charge in [-0.2, -0.15) is 5.10 Å². The molecule has 2 aromatic carbocycles. The first kappa shape index (κ1) is 16.9. The van der Waals surface area contributed by atoms with Crippen LogP contribution in [0.15, 0.2) is 36.4 Å². The van der Waals surface area contributed by atoms with E-state index in [1.165, 1.54) is 0 Å². The molecular formula is C22H21N3O3. The van der Waals surface area contributed by atoms with Gasteiger partial charge in [0, 0.05) is 17.9 Å². The van der Waals surface area contributed by atoms with Crippen molar-refractivity contribution in [3.8, 4) is 17.2 Å². The fraction of sp³-hybridized carbons (Fsp3) is 0.273. The molecule has 2 aliphatic rings. The van der Waals surface area contributed by atoms with Crippen LogP contribution in [0.4, 0.5) is 5.82 Å². The van der Waals surface area contributed by atoms with Gasteiger partial charge in [-0.25, -0.2) is 4.68 Å². The lowest BCUT2D eigenvalue weighted by Crippen LogP contribution is -2.25. The molecule has 2 aliphatic heterocycles. The minimum absolute atomic E-state index is 0.0132. The SMILES string of the molecule is Cc1cc(C)cc(-n2nc(C)c3c2NC(=O)CC3c2ccc3c(c2)OCO3)c1. The van der Waals surface area contributed by atoms with Gasteiger partial charge in [0.15, 0.2) is 11.5 Å². The number of benzene rings is 2. The molecule has 142 valence electrons. The van der Waals surface area contributed by atoms with E-state index in [4.69, 9.17) is 14.6 Å². The Kier molecular flexibility index (Phi) is 3.69. The first-order chi connectivity index (χ1) is 13.5. The predicted octanol–water partition coefficient (Wildman–Crippen LogP) is 4.00. The van der Waals surface area contributed by atoms with Crippen LogP contribution in [0, 0.1) is 20.8 Å². The maximum atomic E-state index is 12.6. The molecule has 1 N–H and O–H groups in total. The topological polar surface area (TPSA) is 65.4 Å². The molecule has 1 amide bonds. The number of nitrogens with one attached hydrogen (secondary N) is 1. The molecule has 5 rings (SSSR count). The number of hydrogen-bond donors (Lipinski definition) is 1. The quantitative estimate of drug-likeness (QED) is 0.735. The number of nitrogens with zero attached hydrogens (tertiary/aromatic N) is 2. The molecule has 6 nitrogen and oxygen atoms in total. The largest absolute Gasteiger partial charge is 0.454 e. The van der Waals surface area contributed by atoms with Crippen LogP contribution in [-0.4, -0.2) is 22.5 Å². The summed E-state index contributed by atoms with van der Waals surface area (Å²) in [5.74, 6) is 2.14. The van der Waals surface area contributed by atoms with Crippen LogP contribution in [0.25, 0.3) is 5.69 Å². The van der Waals surface area contributed by atoms with Gasteiger partial charge < -0.3 is 14.8 Å². The van der Waals surface area contributed by atoms with Gasteiger partial charge >= 0.3 is 0 Å². The molecule has 1 unspecified atom stereocenters. The number of aryl methyl sites for hydroxylation is 3. The fourth-order valence-electron chi connectivity index (χ4n) is 4.22. The summed E-state index contributed by atoms with van der Waals surface area (Å²) in [5, 5.41) is 7.82. The third-order valence-corrected chi connectivity index (χ3v) is 5.35. The van der Waals surface area contributed by atoms with Crippen LogP contribution in [0.1, 0.15) is 40.3 Å². The van der Waals surface area contributed by atoms with Crippen LogP contribution in [-0.2, 0) is 4.79 Å². The van der Waals surface area contributed by atoms with Crippen LogP contribution in [0.5, 0.6) is 11.5 Å². The molecule has 28 heavy (non-hydrogen) atoms. The Morgan fingerprint density at radius 2 is 1.79 bits per heavy atom. The summed E-state index contributed by atoms with van der Waals surface area (Å²) in [4.78, 5) is 12.6. The second-order valence-corrected chi connectivity index (χ2v) is 7.52. The molecule has 3 heterocycles. The lowest BCUT2D eigenvalue weighted by Gasteiger charge is -2.24. The third kappa shape index (κ3) is 2.64. The van der Waals surface area contributed by atoms with Gasteiger partial charge in [-0.05, 0) is 61.7 Å². The second kappa shape index (κ2) is 6.12. The highest BCUT2D eigenvalue weighted by Gasteiger charge is 2.33. The average Bonchev–Trinajstić information content (AvgIpc) is 3.24. The van der Waals surface area contributed by atoms with E-state index in [9.17, 15) is 4.79 Å². The Hall–Kier alpha value is -3.28.